The third-order valence-corrected chi connectivity index (χ3v) is 3.08. The number of nitrogen functional groups attached to an aromatic ring is 1. The lowest BCUT2D eigenvalue weighted by molar-refractivity contribution is 0.0515. The predicted octanol–water partition coefficient (Wildman–Crippen LogP) is 0.684. The van der Waals surface area contributed by atoms with Crippen LogP contribution in [-0.2, 0) is 6.54 Å². The van der Waals surface area contributed by atoms with Crippen molar-refractivity contribution in [3.8, 4) is 0 Å². The second-order valence-electron chi connectivity index (χ2n) is 4.70. The van der Waals surface area contributed by atoms with Crippen LogP contribution in [0.1, 0.15) is 43.4 Å². The number of nitrogens with one attached hydrogen (secondary N) is 1. The number of aryl methyl sites for hydroxylation is 2. The van der Waals surface area contributed by atoms with Crippen LogP contribution >= 0.6 is 0 Å². The smallest absolute Gasteiger partial charge is 0.271 e. The van der Waals surface area contributed by atoms with Gasteiger partial charge in [-0.25, -0.2) is 0 Å². The minimum atomic E-state index is -0.906. The van der Waals surface area contributed by atoms with Crippen LogP contribution in [0.4, 0.5) is 5.69 Å². The second kappa shape index (κ2) is 5.39. The highest BCUT2D eigenvalue weighted by molar-refractivity contribution is 5.98. The molecule has 0 bridgehead atoms. The first-order chi connectivity index (χ1) is 8.32. The molecule has 1 atom stereocenters. The number of amides is 1. The van der Waals surface area contributed by atoms with Gasteiger partial charge in [-0.3, -0.25) is 9.48 Å². The van der Waals surface area contributed by atoms with Gasteiger partial charge in [0, 0.05) is 13.1 Å². The first kappa shape index (κ1) is 14.5. The van der Waals surface area contributed by atoms with Crippen LogP contribution in [0.5, 0.6) is 0 Å². The molecule has 0 aliphatic carbocycles. The largest absolute Gasteiger partial charge is 0.395 e. The van der Waals surface area contributed by atoms with Crippen molar-refractivity contribution in [2.24, 2.45) is 0 Å². The molecule has 1 amide bonds. The van der Waals surface area contributed by atoms with Crippen molar-refractivity contribution in [1.29, 1.82) is 0 Å². The Morgan fingerprint density at radius 1 is 1.56 bits per heavy atom. The van der Waals surface area contributed by atoms with E-state index < -0.39 is 5.60 Å². The van der Waals surface area contributed by atoms with Crippen molar-refractivity contribution in [2.45, 2.75) is 46.3 Å². The minimum absolute atomic E-state index is 0.190. The van der Waals surface area contributed by atoms with Gasteiger partial charge in [0.1, 0.15) is 5.69 Å². The van der Waals surface area contributed by atoms with E-state index >= 15 is 0 Å². The van der Waals surface area contributed by atoms with Gasteiger partial charge in [-0.05, 0) is 27.2 Å². The van der Waals surface area contributed by atoms with E-state index in [-0.39, 0.29) is 12.5 Å². The monoisotopic (exact) mass is 254 g/mol. The number of hydrogen-bond donors (Lipinski definition) is 3. The second-order valence-corrected chi connectivity index (χ2v) is 4.70. The Morgan fingerprint density at radius 3 is 2.67 bits per heavy atom. The summed E-state index contributed by atoms with van der Waals surface area (Å²) < 4.78 is 1.57. The fraction of sp³-hybridized carbons (Fsp3) is 0.667. The van der Waals surface area contributed by atoms with Gasteiger partial charge in [0.25, 0.3) is 5.91 Å². The van der Waals surface area contributed by atoms with Crippen molar-refractivity contribution in [2.75, 3.05) is 12.3 Å². The van der Waals surface area contributed by atoms with E-state index in [2.05, 4.69) is 10.4 Å². The molecular weight excluding hydrogens is 232 g/mol. The highest BCUT2D eigenvalue weighted by Crippen LogP contribution is 2.16. The number of rotatable bonds is 5. The van der Waals surface area contributed by atoms with E-state index in [1.54, 1.807) is 18.5 Å². The van der Waals surface area contributed by atoms with E-state index in [9.17, 15) is 9.90 Å². The maximum atomic E-state index is 12.1. The number of carbonyl (C=O) groups excluding carboxylic acids is 1. The summed E-state index contributed by atoms with van der Waals surface area (Å²) in [6.45, 7) is 7.96. The highest BCUT2D eigenvalue weighted by Gasteiger charge is 2.23. The molecule has 0 aliphatic rings. The Balaban J connectivity index is 2.85. The first-order valence-corrected chi connectivity index (χ1v) is 6.15. The van der Waals surface area contributed by atoms with Crippen molar-refractivity contribution in [3.05, 3.63) is 11.4 Å². The van der Waals surface area contributed by atoms with Crippen molar-refractivity contribution in [1.82, 2.24) is 15.1 Å². The molecular formula is C12H22N4O2. The highest BCUT2D eigenvalue weighted by atomic mass is 16.3. The van der Waals surface area contributed by atoms with Crippen LogP contribution in [0, 0.1) is 6.92 Å². The quantitative estimate of drug-likeness (QED) is 0.720. The molecule has 1 heterocycles. The SMILES string of the molecule is CCn1nc(C)c(N)c1C(=O)NCC(C)(O)CC. The number of anilines is 1. The van der Waals surface area contributed by atoms with Gasteiger partial charge in [-0.15, -0.1) is 0 Å². The molecule has 1 rings (SSSR count). The van der Waals surface area contributed by atoms with E-state index in [0.717, 1.165) is 0 Å². The van der Waals surface area contributed by atoms with Crippen molar-refractivity contribution < 1.29 is 9.90 Å². The van der Waals surface area contributed by atoms with Crippen LogP contribution in [-0.4, -0.2) is 32.9 Å². The number of aliphatic hydroxyl groups is 1. The molecule has 6 nitrogen and oxygen atoms in total. The average molecular weight is 254 g/mol. The molecule has 0 aliphatic heterocycles. The van der Waals surface area contributed by atoms with E-state index in [1.165, 1.54) is 0 Å². The third kappa shape index (κ3) is 3.01. The summed E-state index contributed by atoms with van der Waals surface area (Å²) in [6, 6.07) is 0. The summed E-state index contributed by atoms with van der Waals surface area (Å²) in [5.41, 5.74) is 6.34. The summed E-state index contributed by atoms with van der Waals surface area (Å²) in [5, 5.41) is 16.7. The number of nitrogens with zero attached hydrogens (tertiary/aromatic N) is 2. The topological polar surface area (TPSA) is 93.2 Å². The maximum Gasteiger partial charge on any atom is 0.271 e. The molecule has 0 spiro atoms. The maximum absolute atomic E-state index is 12.1. The molecule has 1 unspecified atom stereocenters. The zero-order valence-corrected chi connectivity index (χ0v) is 11.4. The van der Waals surface area contributed by atoms with Crippen LogP contribution < -0.4 is 11.1 Å². The Bertz CT molecular complexity index is 438. The standard InChI is InChI=1S/C12H22N4O2/c1-5-12(4,18)7-14-11(17)10-9(13)8(3)15-16(10)6-2/h18H,5-7,13H2,1-4H3,(H,14,17). The normalized spacial score (nSPS) is 14.3. The van der Waals surface area contributed by atoms with Crippen LogP contribution in [0.3, 0.4) is 0 Å². The van der Waals surface area contributed by atoms with Crippen molar-refractivity contribution >= 4 is 11.6 Å². The van der Waals surface area contributed by atoms with Crippen molar-refractivity contribution in [3.63, 3.8) is 0 Å². The summed E-state index contributed by atoms with van der Waals surface area (Å²) >= 11 is 0. The lowest BCUT2D eigenvalue weighted by Crippen LogP contribution is -2.40. The van der Waals surface area contributed by atoms with Gasteiger partial charge in [0.15, 0.2) is 0 Å². The Morgan fingerprint density at radius 2 is 2.17 bits per heavy atom. The van der Waals surface area contributed by atoms with Crippen LogP contribution in [0.15, 0.2) is 0 Å². The first-order valence-electron chi connectivity index (χ1n) is 6.15. The zero-order valence-electron chi connectivity index (χ0n) is 11.4. The number of aromatic nitrogens is 2. The number of carbonyl (C=O) groups is 1. The molecule has 0 aromatic carbocycles. The van der Waals surface area contributed by atoms with Gasteiger partial charge in [-0.2, -0.15) is 5.10 Å². The van der Waals surface area contributed by atoms with Crippen LogP contribution in [0.25, 0.3) is 0 Å². The lowest BCUT2D eigenvalue weighted by atomic mass is 10.0. The van der Waals surface area contributed by atoms with Gasteiger partial charge >= 0.3 is 0 Å². The Kier molecular flexibility index (Phi) is 4.34. The molecule has 6 heteroatoms. The van der Waals surface area contributed by atoms with E-state index in [1.807, 2.05) is 13.8 Å². The minimum Gasteiger partial charge on any atom is -0.395 e. The lowest BCUT2D eigenvalue weighted by Gasteiger charge is -2.21. The summed E-state index contributed by atoms with van der Waals surface area (Å²) in [6.07, 6.45) is 0.564. The molecule has 0 saturated carbocycles. The molecule has 1 aromatic heterocycles. The average Bonchev–Trinajstić information content (AvgIpc) is 2.62. The van der Waals surface area contributed by atoms with E-state index in [4.69, 9.17) is 5.73 Å². The molecule has 0 saturated heterocycles. The third-order valence-electron chi connectivity index (χ3n) is 3.08. The van der Waals surface area contributed by atoms with Gasteiger partial charge < -0.3 is 16.2 Å². The predicted molar refractivity (Wildman–Crippen MR) is 70.3 cm³/mol. The van der Waals surface area contributed by atoms with Gasteiger partial charge in [-0.1, -0.05) is 6.92 Å². The van der Waals surface area contributed by atoms with Gasteiger partial charge in [0.2, 0.25) is 0 Å². The Labute approximate surface area is 107 Å². The fourth-order valence-corrected chi connectivity index (χ4v) is 1.54. The molecule has 0 radical (unpaired) electrons. The zero-order chi connectivity index (χ0) is 13.9. The summed E-state index contributed by atoms with van der Waals surface area (Å²) in [4.78, 5) is 12.1. The summed E-state index contributed by atoms with van der Waals surface area (Å²) in [5.74, 6) is -0.302. The number of hydrogen-bond acceptors (Lipinski definition) is 4. The number of nitrogens with two attached hydrogens (primary N) is 1. The molecule has 0 fully saturated rings. The molecule has 1 aromatic rings. The fourth-order valence-electron chi connectivity index (χ4n) is 1.54. The molecule has 18 heavy (non-hydrogen) atoms. The Hall–Kier alpha value is -1.56. The van der Waals surface area contributed by atoms with E-state index in [0.29, 0.717) is 30.0 Å². The molecule has 102 valence electrons. The summed E-state index contributed by atoms with van der Waals surface area (Å²) in [7, 11) is 0. The van der Waals surface area contributed by atoms with Crippen LogP contribution in [0.2, 0.25) is 0 Å². The molecule has 4 N–H and O–H groups in total. The van der Waals surface area contributed by atoms with Gasteiger partial charge in [0.05, 0.1) is 17.0 Å².